The van der Waals surface area contributed by atoms with Crippen molar-refractivity contribution in [3.8, 4) is 11.5 Å². The maximum atomic E-state index is 12.7. The predicted molar refractivity (Wildman–Crippen MR) is 120 cm³/mol. The summed E-state index contributed by atoms with van der Waals surface area (Å²) in [5.41, 5.74) is 0.671. The van der Waals surface area contributed by atoms with Crippen LogP contribution in [0.3, 0.4) is 0 Å². The van der Waals surface area contributed by atoms with Crippen molar-refractivity contribution in [3.05, 3.63) is 86.9 Å². The number of benzene rings is 3. The lowest BCUT2D eigenvalue weighted by molar-refractivity contribution is -0.384. The van der Waals surface area contributed by atoms with E-state index < -0.39 is 10.8 Å². The number of amides is 2. The van der Waals surface area contributed by atoms with E-state index in [0.717, 1.165) is 6.07 Å². The molecule has 3 aromatic rings. The lowest BCUT2D eigenvalue weighted by atomic mass is 10.1. The molecular weight excluding hydrogens is 438 g/mol. The van der Waals surface area contributed by atoms with Crippen LogP contribution >= 0.6 is 11.6 Å². The summed E-state index contributed by atoms with van der Waals surface area (Å²) in [7, 11) is 2.81. The summed E-state index contributed by atoms with van der Waals surface area (Å²) in [5, 5.41) is 16.4. The molecule has 10 heteroatoms. The molecule has 0 saturated heterocycles. The second-order valence-electron chi connectivity index (χ2n) is 6.45. The number of nitro groups is 1. The molecule has 0 unspecified atom stereocenters. The Bertz CT molecular complexity index is 1180. The number of nitrogens with zero attached hydrogens (tertiary/aromatic N) is 1. The van der Waals surface area contributed by atoms with Crippen LogP contribution in [0.25, 0.3) is 0 Å². The summed E-state index contributed by atoms with van der Waals surface area (Å²) in [4.78, 5) is 35.6. The van der Waals surface area contributed by atoms with Gasteiger partial charge >= 0.3 is 0 Å². The normalized spacial score (nSPS) is 10.2. The van der Waals surface area contributed by atoms with Crippen molar-refractivity contribution in [2.24, 2.45) is 0 Å². The van der Waals surface area contributed by atoms with Gasteiger partial charge in [-0.15, -0.1) is 0 Å². The van der Waals surface area contributed by atoms with E-state index >= 15 is 0 Å². The fraction of sp³-hybridized carbons (Fsp3) is 0.0909. The van der Waals surface area contributed by atoms with Crippen molar-refractivity contribution in [1.82, 2.24) is 0 Å². The molecule has 0 atom stereocenters. The van der Waals surface area contributed by atoms with Crippen molar-refractivity contribution < 1.29 is 24.0 Å². The predicted octanol–water partition coefficient (Wildman–Crippen LogP) is 4.77. The number of hydrogen-bond acceptors (Lipinski definition) is 6. The zero-order valence-electron chi connectivity index (χ0n) is 17.0. The lowest BCUT2D eigenvalue weighted by Crippen LogP contribution is -2.15. The molecule has 0 radical (unpaired) electrons. The molecule has 2 amide bonds. The number of carbonyl (C=O) groups is 2. The molecule has 32 heavy (non-hydrogen) atoms. The molecule has 0 aromatic heterocycles. The Morgan fingerprint density at radius 1 is 0.844 bits per heavy atom. The quantitative estimate of drug-likeness (QED) is 0.391. The summed E-state index contributed by atoms with van der Waals surface area (Å²) < 4.78 is 10.7. The number of halogens is 1. The van der Waals surface area contributed by atoms with Crippen LogP contribution in [0, 0.1) is 10.1 Å². The average molecular weight is 456 g/mol. The fourth-order valence-corrected chi connectivity index (χ4v) is 3.05. The third-order valence-electron chi connectivity index (χ3n) is 4.46. The topological polar surface area (TPSA) is 120 Å². The highest BCUT2D eigenvalue weighted by atomic mass is 35.5. The van der Waals surface area contributed by atoms with Gasteiger partial charge in [0.2, 0.25) is 0 Å². The van der Waals surface area contributed by atoms with Crippen LogP contribution in [-0.2, 0) is 0 Å². The van der Waals surface area contributed by atoms with Gasteiger partial charge in [0, 0.05) is 29.3 Å². The van der Waals surface area contributed by atoms with Gasteiger partial charge < -0.3 is 20.1 Å². The zero-order chi connectivity index (χ0) is 23.3. The van der Waals surface area contributed by atoms with Crippen molar-refractivity contribution in [1.29, 1.82) is 0 Å². The second-order valence-corrected chi connectivity index (χ2v) is 6.86. The van der Waals surface area contributed by atoms with Crippen LogP contribution in [0.2, 0.25) is 5.02 Å². The number of carbonyl (C=O) groups excluding carboxylic acids is 2. The highest BCUT2D eigenvalue weighted by Gasteiger charge is 2.19. The Morgan fingerprint density at radius 3 is 1.88 bits per heavy atom. The van der Waals surface area contributed by atoms with Gasteiger partial charge in [0.15, 0.2) is 0 Å². The minimum absolute atomic E-state index is 0.0311. The van der Waals surface area contributed by atoms with Gasteiger partial charge in [0.1, 0.15) is 16.5 Å². The first-order chi connectivity index (χ1) is 15.3. The number of nitrogens with one attached hydrogen (secondary N) is 2. The summed E-state index contributed by atoms with van der Waals surface area (Å²) in [5.74, 6) is -0.458. The van der Waals surface area contributed by atoms with Gasteiger partial charge in [-0.25, -0.2) is 0 Å². The Balaban J connectivity index is 1.89. The molecule has 0 heterocycles. The van der Waals surface area contributed by atoms with Gasteiger partial charge in [-0.2, -0.15) is 0 Å². The second kappa shape index (κ2) is 9.80. The maximum absolute atomic E-state index is 12.7. The van der Waals surface area contributed by atoms with E-state index in [1.807, 2.05) is 0 Å². The summed E-state index contributed by atoms with van der Waals surface area (Å²) in [6.45, 7) is 0. The Labute approximate surface area is 188 Å². The fourth-order valence-electron chi connectivity index (χ4n) is 2.87. The van der Waals surface area contributed by atoms with Crippen LogP contribution in [0.5, 0.6) is 11.5 Å². The van der Waals surface area contributed by atoms with Crippen molar-refractivity contribution in [2.45, 2.75) is 0 Å². The van der Waals surface area contributed by atoms with E-state index in [1.54, 1.807) is 30.3 Å². The molecule has 2 N–H and O–H groups in total. The molecule has 0 aliphatic carbocycles. The lowest BCUT2D eigenvalue weighted by Gasteiger charge is -2.16. The van der Waals surface area contributed by atoms with E-state index in [1.165, 1.54) is 38.5 Å². The van der Waals surface area contributed by atoms with E-state index in [4.69, 9.17) is 21.1 Å². The zero-order valence-corrected chi connectivity index (χ0v) is 17.8. The smallest absolute Gasteiger partial charge is 0.288 e. The molecule has 0 aliphatic heterocycles. The Kier molecular flexibility index (Phi) is 6.91. The molecule has 3 rings (SSSR count). The first-order valence-corrected chi connectivity index (χ1v) is 9.59. The molecular formula is C22H18ClN3O6. The van der Waals surface area contributed by atoms with Crippen LogP contribution < -0.4 is 20.1 Å². The summed E-state index contributed by atoms with van der Waals surface area (Å²) >= 11 is 5.80. The SMILES string of the molecule is COc1cc(NC(=O)c2ccc(Cl)c([N+](=O)[O-])c2)c(OC)cc1NC(=O)c1ccccc1. The van der Waals surface area contributed by atoms with Gasteiger partial charge in [-0.3, -0.25) is 19.7 Å². The minimum atomic E-state index is -0.674. The Hall–Kier alpha value is -4.11. The molecule has 0 aliphatic rings. The number of anilines is 2. The largest absolute Gasteiger partial charge is 0.494 e. The number of ether oxygens (including phenoxy) is 2. The van der Waals surface area contributed by atoms with Crippen molar-refractivity contribution in [3.63, 3.8) is 0 Å². The van der Waals surface area contributed by atoms with Gasteiger partial charge in [-0.1, -0.05) is 29.8 Å². The average Bonchev–Trinajstić information content (AvgIpc) is 2.80. The van der Waals surface area contributed by atoms with Gasteiger partial charge in [-0.05, 0) is 24.3 Å². The third kappa shape index (κ3) is 4.96. The first-order valence-electron chi connectivity index (χ1n) is 9.21. The number of hydrogen-bond donors (Lipinski definition) is 2. The van der Waals surface area contributed by atoms with Crippen molar-refractivity contribution >= 4 is 40.5 Å². The third-order valence-corrected chi connectivity index (χ3v) is 4.78. The molecule has 0 spiro atoms. The molecule has 3 aromatic carbocycles. The maximum Gasteiger partial charge on any atom is 0.288 e. The van der Waals surface area contributed by atoms with Crippen LogP contribution in [0.4, 0.5) is 17.1 Å². The van der Waals surface area contributed by atoms with Gasteiger partial charge in [0.05, 0.1) is 30.5 Å². The van der Waals surface area contributed by atoms with E-state index in [0.29, 0.717) is 11.3 Å². The van der Waals surface area contributed by atoms with E-state index in [-0.39, 0.29) is 39.4 Å². The molecule has 0 fully saturated rings. The molecule has 0 saturated carbocycles. The monoisotopic (exact) mass is 455 g/mol. The van der Waals surface area contributed by atoms with Crippen LogP contribution in [-0.4, -0.2) is 31.0 Å². The summed E-state index contributed by atoms with van der Waals surface area (Å²) in [6, 6.07) is 15.3. The van der Waals surface area contributed by atoms with E-state index in [2.05, 4.69) is 10.6 Å². The molecule has 164 valence electrons. The van der Waals surface area contributed by atoms with Gasteiger partial charge in [0.25, 0.3) is 17.5 Å². The number of methoxy groups -OCH3 is 2. The number of rotatable bonds is 7. The van der Waals surface area contributed by atoms with E-state index in [9.17, 15) is 19.7 Å². The molecule has 9 nitrogen and oxygen atoms in total. The highest BCUT2D eigenvalue weighted by Crippen LogP contribution is 2.37. The van der Waals surface area contributed by atoms with Crippen LogP contribution in [0.15, 0.2) is 60.7 Å². The standard InChI is InChI=1S/C22H18ClN3O6/c1-31-19-12-17(25-22(28)14-8-9-15(23)18(10-14)26(29)30)20(32-2)11-16(19)24-21(27)13-6-4-3-5-7-13/h3-12H,1-2H3,(H,24,27)(H,25,28). The molecule has 0 bridgehead atoms. The minimum Gasteiger partial charge on any atom is -0.494 e. The van der Waals surface area contributed by atoms with Crippen LogP contribution in [0.1, 0.15) is 20.7 Å². The summed E-state index contributed by atoms with van der Waals surface area (Å²) in [6.07, 6.45) is 0. The number of nitro benzene ring substituents is 1. The van der Waals surface area contributed by atoms with Crippen molar-refractivity contribution in [2.75, 3.05) is 24.9 Å². The Morgan fingerprint density at radius 2 is 1.38 bits per heavy atom. The highest BCUT2D eigenvalue weighted by molar-refractivity contribution is 6.32. The first kappa shape index (κ1) is 22.6.